The average Bonchev–Trinajstić information content (AvgIpc) is 2.82. The van der Waals surface area contributed by atoms with Crippen molar-refractivity contribution in [1.29, 1.82) is 5.26 Å². The zero-order valence-electron chi connectivity index (χ0n) is 10.3. The van der Waals surface area contributed by atoms with Gasteiger partial charge in [0.1, 0.15) is 24.0 Å². The topological polar surface area (TPSA) is 56.1 Å². The number of rotatable bonds is 3. The fraction of sp³-hybridized carbons (Fsp3) is 0.583. The minimum atomic E-state index is 0.343. The summed E-state index contributed by atoms with van der Waals surface area (Å²) >= 11 is 0. The van der Waals surface area contributed by atoms with E-state index in [9.17, 15) is 0 Å². The summed E-state index contributed by atoms with van der Waals surface area (Å²) in [6, 6.07) is 4.09. The van der Waals surface area contributed by atoms with E-state index in [0.717, 1.165) is 30.5 Å². The van der Waals surface area contributed by atoms with E-state index < -0.39 is 0 Å². The van der Waals surface area contributed by atoms with Crippen LogP contribution in [0.25, 0.3) is 0 Å². The Morgan fingerprint density at radius 3 is 2.76 bits per heavy atom. The van der Waals surface area contributed by atoms with Gasteiger partial charge >= 0.3 is 0 Å². The van der Waals surface area contributed by atoms with Crippen LogP contribution in [0.4, 0.5) is 11.6 Å². The van der Waals surface area contributed by atoms with Crippen LogP contribution < -0.4 is 9.80 Å². The maximum Gasteiger partial charge on any atom is 0.134 e. The molecule has 17 heavy (non-hydrogen) atoms. The van der Waals surface area contributed by atoms with E-state index in [0.29, 0.717) is 6.54 Å². The molecule has 1 saturated heterocycles. The first-order valence-electron chi connectivity index (χ1n) is 5.89. The van der Waals surface area contributed by atoms with Gasteiger partial charge in [-0.3, -0.25) is 0 Å². The lowest BCUT2D eigenvalue weighted by atomic mass is 10.4. The fourth-order valence-electron chi connectivity index (χ4n) is 2.03. The molecule has 2 rings (SSSR count). The number of nitriles is 1. The van der Waals surface area contributed by atoms with Crippen molar-refractivity contribution in [2.45, 2.75) is 19.8 Å². The predicted octanol–water partition coefficient (Wildman–Crippen LogP) is 1.34. The molecule has 0 unspecified atom stereocenters. The monoisotopic (exact) mass is 231 g/mol. The zero-order chi connectivity index (χ0) is 12.3. The van der Waals surface area contributed by atoms with Gasteiger partial charge in [0.2, 0.25) is 0 Å². The maximum atomic E-state index is 8.70. The molecule has 2 heterocycles. The lowest BCUT2D eigenvalue weighted by Crippen LogP contribution is -2.23. The number of hydrogen-bond donors (Lipinski definition) is 0. The van der Waals surface area contributed by atoms with Gasteiger partial charge in [0.05, 0.1) is 6.07 Å². The number of anilines is 2. The fourth-order valence-corrected chi connectivity index (χ4v) is 2.03. The summed E-state index contributed by atoms with van der Waals surface area (Å²) in [6.07, 6.45) is 2.46. The zero-order valence-corrected chi connectivity index (χ0v) is 10.3. The quantitative estimate of drug-likeness (QED) is 0.735. The third-order valence-corrected chi connectivity index (χ3v) is 2.94. The van der Waals surface area contributed by atoms with E-state index in [1.165, 1.54) is 12.8 Å². The van der Waals surface area contributed by atoms with Crippen molar-refractivity contribution in [3.05, 3.63) is 11.9 Å². The van der Waals surface area contributed by atoms with Crippen LogP contribution >= 0.6 is 0 Å². The molecule has 0 radical (unpaired) electrons. The Hall–Kier alpha value is -1.83. The maximum absolute atomic E-state index is 8.70. The van der Waals surface area contributed by atoms with Crippen LogP contribution in [0.5, 0.6) is 0 Å². The number of aromatic nitrogens is 2. The molecule has 5 heteroatoms. The molecule has 5 nitrogen and oxygen atoms in total. The second-order valence-corrected chi connectivity index (χ2v) is 4.34. The van der Waals surface area contributed by atoms with Crippen LogP contribution in [0.3, 0.4) is 0 Å². The normalized spacial score (nSPS) is 14.8. The Morgan fingerprint density at radius 2 is 2.12 bits per heavy atom. The standard InChI is InChI=1S/C12H17N5/c1-10-14-11(16(2)8-5-13)9-12(15-10)17-6-3-4-7-17/h9H,3-4,6-8H2,1-2H3. The van der Waals surface area contributed by atoms with Crippen LogP contribution in [0.1, 0.15) is 18.7 Å². The molecule has 1 aromatic rings. The second-order valence-electron chi connectivity index (χ2n) is 4.34. The second kappa shape index (κ2) is 5.00. The molecule has 1 fully saturated rings. The minimum absolute atomic E-state index is 0.343. The van der Waals surface area contributed by atoms with Crippen LogP contribution in [-0.4, -0.2) is 36.6 Å². The summed E-state index contributed by atoms with van der Waals surface area (Å²) in [6.45, 7) is 4.37. The SMILES string of the molecule is Cc1nc(N(C)CC#N)cc(N2CCCC2)n1. The van der Waals surface area contributed by atoms with Gasteiger partial charge in [0, 0.05) is 26.2 Å². The van der Waals surface area contributed by atoms with Crippen LogP contribution in [-0.2, 0) is 0 Å². The number of aryl methyl sites for hydroxylation is 1. The third kappa shape index (κ3) is 2.64. The highest BCUT2D eigenvalue weighted by molar-refractivity contribution is 5.51. The highest BCUT2D eigenvalue weighted by Crippen LogP contribution is 2.21. The molecule has 0 saturated carbocycles. The van der Waals surface area contributed by atoms with Crippen LogP contribution in [0, 0.1) is 18.3 Å². The minimum Gasteiger partial charge on any atom is -0.356 e. The van der Waals surface area contributed by atoms with Crippen LogP contribution in [0.2, 0.25) is 0 Å². The predicted molar refractivity (Wildman–Crippen MR) is 67.1 cm³/mol. The first kappa shape index (κ1) is 11.6. The lowest BCUT2D eigenvalue weighted by molar-refractivity contribution is 0.892. The van der Waals surface area contributed by atoms with Gasteiger partial charge < -0.3 is 9.80 Å². The van der Waals surface area contributed by atoms with E-state index in [-0.39, 0.29) is 0 Å². The van der Waals surface area contributed by atoms with Crippen molar-refractivity contribution < 1.29 is 0 Å². The highest BCUT2D eigenvalue weighted by Gasteiger charge is 2.15. The number of nitrogens with zero attached hydrogens (tertiary/aromatic N) is 5. The van der Waals surface area contributed by atoms with Crippen molar-refractivity contribution in [2.24, 2.45) is 0 Å². The van der Waals surface area contributed by atoms with E-state index in [1.54, 1.807) is 0 Å². The van der Waals surface area contributed by atoms with E-state index in [1.807, 2.05) is 24.9 Å². The molecule has 0 amide bonds. The molecular weight excluding hydrogens is 214 g/mol. The first-order valence-corrected chi connectivity index (χ1v) is 5.89. The Kier molecular flexibility index (Phi) is 3.43. The summed E-state index contributed by atoms with van der Waals surface area (Å²) in [5.74, 6) is 2.56. The molecule has 0 aromatic carbocycles. The molecular formula is C12H17N5. The van der Waals surface area contributed by atoms with Gasteiger partial charge in [-0.2, -0.15) is 5.26 Å². The summed E-state index contributed by atoms with van der Waals surface area (Å²) in [4.78, 5) is 12.9. The molecule has 0 N–H and O–H groups in total. The van der Waals surface area contributed by atoms with Crippen molar-refractivity contribution in [3.8, 4) is 6.07 Å². The van der Waals surface area contributed by atoms with Gasteiger partial charge in [-0.1, -0.05) is 0 Å². The smallest absolute Gasteiger partial charge is 0.134 e. The Balaban J connectivity index is 2.25. The van der Waals surface area contributed by atoms with Gasteiger partial charge in [-0.05, 0) is 19.8 Å². The summed E-state index contributed by atoms with van der Waals surface area (Å²) < 4.78 is 0. The van der Waals surface area contributed by atoms with Crippen molar-refractivity contribution in [3.63, 3.8) is 0 Å². The van der Waals surface area contributed by atoms with E-state index in [4.69, 9.17) is 5.26 Å². The summed E-state index contributed by atoms with van der Waals surface area (Å²) in [5.41, 5.74) is 0. The van der Waals surface area contributed by atoms with Gasteiger partial charge in [0.15, 0.2) is 0 Å². The third-order valence-electron chi connectivity index (χ3n) is 2.94. The molecule has 1 aliphatic rings. The van der Waals surface area contributed by atoms with Crippen molar-refractivity contribution >= 4 is 11.6 Å². The molecule has 1 aromatic heterocycles. The molecule has 90 valence electrons. The average molecular weight is 231 g/mol. The van der Waals surface area contributed by atoms with Gasteiger partial charge in [0.25, 0.3) is 0 Å². The first-order chi connectivity index (χ1) is 8.20. The van der Waals surface area contributed by atoms with Gasteiger partial charge in [-0.15, -0.1) is 0 Å². The largest absolute Gasteiger partial charge is 0.356 e. The number of hydrogen-bond acceptors (Lipinski definition) is 5. The Morgan fingerprint density at radius 1 is 1.41 bits per heavy atom. The summed E-state index contributed by atoms with van der Waals surface area (Å²) in [7, 11) is 1.87. The molecule has 0 atom stereocenters. The summed E-state index contributed by atoms with van der Waals surface area (Å²) in [5, 5.41) is 8.70. The van der Waals surface area contributed by atoms with Gasteiger partial charge in [-0.25, -0.2) is 9.97 Å². The van der Waals surface area contributed by atoms with E-state index in [2.05, 4.69) is 20.9 Å². The lowest BCUT2D eigenvalue weighted by Gasteiger charge is -2.20. The molecule has 0 aliphatic carbocycles. The van der Waals surface area contributed by atoms with E-state index >= 15 is 0 Å². The Bertz CT molecular complexity index is 431. The van der Waals surface area contributed by atoms with Crippen LogP contribution in [0.15, 0.2) is 6.07 Å². The molecule has 0 bridgehead atoms. The molecule has 1 aliphatic heterocycles. The van der Waals surface area contributed by atoms with Crippen molar-refractivity contribution in [1.82, 2.24) is 9.97 Å². The Labute approximate surface area is 102 Å². The molecule has 0 spiro atoms. The highest BCUT2D eigenvalue weighted by atomic mass is 15.2. The van der Waals surface area contributed by atoms with Crippen molar-refractivity contribution in [2.75, 3.05) is 36.5 Å².